The molecular weight excluding hydrogens is 255 g/mol. The third-order valence-electron chi connectivity index (χ3n) is 2.40. The van der Waals surface area contributed by atoms with Crippen LogP contribution in [-0.2, 0) is 0 Å². The van der Waals surface area contributed by atoms with Crippen LogP contribution in [0.3, 0.4) is 0 Å². The molecule has 1 aromatic heterocycles. The molecular formula is C14H12ClFS. The topological polar surface area (TPSA) is 0 Å². The molecule has 17 heavy (non-hydrogen) atoms. The summed E-state index contributed by atoms with van der Waals surface area (Å²) in [5.41, 5.74) is 2.15. The number of rotatable bonds is 4. The van der Waals surface area contributed by atoms with Gasteiger partial charge in [0.05, 0.1) is 0 Å². The van der Waals surface area contributed by atoms with Crippen molar-refractivity contribution in [3.8, 4) is 0 Å². The summed E-state index contributed by atoms with van der Waals surface area (Å²) in [6.07, 6.45) is 2.91. The van der Waals surface area contributed by atoms with Crippen molar-refractivity contribution in [2.24, 2.45) is 0 Å². The van der Waals surface area contributed by atoms with Crippen molar-refractivity contribution in [1.29, 1.82) is 0 Å². The molecule has 0 unspecified atom stereocenters. The summed E-state index contributed by atoms with van der Waals surface area (Å²) in [6.45, 7) is 0. The summed E-state index contributed by atoms with van der Waals surface area (Å²) in [4.78, 5) is 1.18. The van der Waals surface area contributed by atoms with Gasteiger partial charge in [0, 0.05) is 10.8 Å². The van der Waals surface area contributed by atoms with E-state index in [0.29, 0.717) is 5.88 Å². The Bertz CT molecular complexity index is 485. The molecule has 0 saturated carbocycles. The van der Waals surface area contributed by atoms with Crippen molar-refractivity contribution in [2.45, 2.75) is 6.42 Å². The molecule has 3 heteroatoms. The SMILES string of the molecule is Fc1ccc(C(=CCCCl)c2cccs2)cc1. The van der Waals surface area contributed by atoms with Gasteiger partial charge in [0.25, 0.3) is 0 Å². The van der Waals surface area contributed by atoms with Crippen molar-refractivity contribution >= 4 is 28.5 Å². The first-order valence-corrected chi connectivity index (χ1v) is 6.78. The van der Waals surface area contributed by atoms with Gasteiger partial charge in [-0.25, -0.2) is 4.39 Å². The highest BCUT2D eigenvalue weighted by Gasteiger charge is 2.05. The number of allylic oxidation sites excluding steroid dienone is 1. The zero-order valence-corrected chi connectivity index (χ0v) is 10.8. The smallest absolute Gasteiger partial charge is 0.123 e. The highest BCUT2D eigenvalue weighted by molar-refractivity contribution is 7.11. The van der Waals surface area contributed by atoms with Gasteiger partial charge in [0.15, 0.2) is 0 Å². The standard InChI is InChI=1S/C14H12ClFS/c15-9-1-3-13(14-4-2-10-17-14)11-5-7-12(16)8-6-11/h2-8,10H,1,9H2. The van der Waals surface area contributed by atoms with Crippen molar-refractivity contribution < 1.29 is 4.39 Å². The number of thiophene rings is 1. The Morgan fingerprint density at radius 1 is 1.24 bits per heavy atom. The Morgan fingerprint density at radius 2 is 2.00 bits per heavy atom. The van der Waals surface area contributed by atoms with E-state index in [2.05, 4.69) is 12.1 Å². The van der Waals surface area contributed by atoms with Crippen LogP contribution in [0, 0.1) is 5.82 Å². The van der Waals surface area contributed by atoms with Crippen LogP contribution in [0.4, 0.5) is 4.39 Å². The number of hydrogen-bond acceptors (Lipinski definition) is 1. The minimum Gasteiger partial charge on any atom is -0.207 e. The first-order valence-electron chi connectivity index (χ1n) is 5.37. The molecule has 88 valence electrons. The van der Waals surface area contributed by atoms with Gasteiger partial charge >= 0.3 is 0 Å². The van der Waals surface area contributed by atoms with Gasteiger partial charge < -0.3 is 0 Å². The van der Waals surface area contributed by atoms with E-state index in [1.54, 1.807) is 23.5 Å². The normalized spacial score (nSPS) is 11.8. The average molecular weight is 267 g/mol. The summed E-state index contributed by atoms with van der Waals surface area (Å²) in [6, 6.07) is 10.6. The van der Waals surface area contributed by atoms with Crippen LogP contribution in [0.1, 0.15) is 16.9 Å². The summed E-state index contributed by atoms with van der Waals surface area (Å²) >= 11 is 7.39. The highest BCUT2D eigenvalue weighted by atomic mass is 35.5. The molecule has 0 atom stereocenters. The average Bonchev–Trinajstić information content (AvgIpc) is 2.85. The fraction of sp³-hybridized carbons (Fsp3) is 0.143. The third kappa shape index (κ3) is 3.18. The molecule has 0 N–H and O–H groups in total. The van der Waals surface area contributed by atoms with Gasteiger partial charge in [-0.15, -0.1) is 22.9 Å². The van der Waals surface area contributed by atoms with Crippen LogP contribution in [-0.4, -0.2) is 5.88 Å². The third-order valence-corrected chi connectivity index (χ3v) is 3.52. The maximum Gasteiger partial charge on any atom is 0.123 e. The van der Waals surface area contributed by atoms with E-state index < -0.39 is 0 Å². The van der Waals surface area contributed by atoms with Crippen molar-refractivity contribution in [3.05, 3.63) is 64.1 Å². The second-order valence-electron chi connectivity index (χ2n) is 3.58. The predicted octanol–water partition coefficient (Wildman–Crippen LogP) is 4.95. The molecule has 0 bridgehead atoms. The highest BCUT2D eigenvalue weighted by Crippen LogP contribution is 2.27. The maximum atomic E-state index is 12.9. The van der Waals surface area contributed by atoms with Crippen LogP contribution in [0.25, 0.3) is 5.57 Å². The maximum absolute atomic E-state index is 12.9. The lowest BCUT2D eigenvalue weighted by atomic mass is 10.0. The molecule has 0 aliphatic heterocycles. The molecule has 0 saturated heterocycles. The Morgan fingerprint density at radius 3 is 2.59 bits per heavy atom. The summed E-state index contributed by atoms with van der Waals surface area (Å²) in [7, 11) is 0. The van der Waals surface area contributed by atoms with Gasteiger partial charge in [-0.2, -0.15) is 0 Å². The molecule has 2 rings (SSSR count). The molecule has 0 spiro atoms. The second kappa shape index (κ2) is 5.99. The van der Waals surface area contributed by atoms with Crippen LogP contribution >= 0.6 is 22.9 Å². The summed E-state index contributed by atoms with van der Waals surface area (Å²) < 4.78 is 12.9. The van der Waals surface area contributed by atoms with E-state index in [-0.39, 0.29) is 5.82 Å². The van der Waals surface area contributed by atoms with Crippen LogP contribution < -0.4 is 0 Å². The fourth-order valence-electron chi connectivity index (χ4n) is 1.62. The molecule has 0 aliphatic carbocycles. The first kappa shape index (κ1) is 12.3. The fourth-order valence-corrected chi connectivity index (χ4v) is 2.52. The molecule has 0 nitrogen and oxygen atoms in total. The zero-order valence-electron chi connectivity index (χ0n) is 9.20. The molecule has 2 aromatic rings. The Balaban J connectivity index is 2.37. The molecule has 0 amide bonds. The number of benzene rings is 1. The van der Waals surface area contributed by atoms with Crippen molar-refractivity contribution in [3.63, 3.8) is 0 Å². The van der Waals surface area contributed by atoms with Gasteiger partial charge in [-0.1, -0.05) is 24.3 Å². The van der Waals surface area contributed by atoms with E-state index in [0.717, 1.165) is 17.6 Å². The van der Waals surface area contributed by atoms with Gasteiger partial charge in [-0.3, -0.25) is 0 Å². The lowest BCUT2D eigenvalue weighted by molar-refractivity contribution is 0.627. The van der Waals surface area contributed by atoms with E-state index in [1.807, 2.05) is 11.4 Å². The van der Waals surface area contributed by atoms with Crippen molar-refractivity contribution in [2.75, 3.05) is 5.88 Å². The largest absolute Gasteiger partial charge is 0.207 e. The van der Waals surface area contributed by atoms with E-state index >= 15 is 0 Å². The van der Waals surface area contributed by atoms with Crippen LogP contribution in [0.15, 0.2) is 47.9 Å². The first-order chi connectivity index (χ1) is 8.31. The lowest BCUT2D eigenvalue weighted by Gasteiger charge is -2.05. The van der Waals surface area contributed by atoms with E-state index in [4.69, 9.17) is 11.6 Å². The summed E-state index contributed by atoms with van der Waals surface area (Å²) in [5.74, 6) is 0.382. The van der Waals surface area contributed by atoms with Gasteiger partial charge in [0.1, 0.15) is 5.82 Å². The van der Waals surface area contributed by atoms with Gasteiger partial charge in [0.2, 0.25) is 0 Å². The van der Waals surface area contributed by atoms with E-state index in [1.165, 1.54) is 17.0 Å². The molecule has 1 aromatic carbocycles. The second-order valence-corrected chi connectivity index (χ2v) is 4.91. The molecule has 0 aliphatic rings. The zero-order chi connectivity index (χ0) is 12.1. The van der Waals surface area contributed by atoms with Crippen molar-refractivity contribution in [1.82, 2.24) is 0 Å². The molecule has 0 fully saturated rings. The Kier molecular flexibility index (Phi) is 4.35. The Hall–Kier alpha value is -1.12. The minimum atomic E-state index is -0.211. The number of halogens is 2. The monoisotopic (exact) mass is 266 g/mol. The Labute approximate surface area is 109 Å². The van der Waals surface area contributed by atoms with E-state index in [9.17, 15) is 4.39 Å². The molecule has 0 radical (unpaired) electrons. The van der Waals surface area contributed by atoms with Crippen LogP contribution in [0.5, 0.6) is 0 Å². The molecule has 1 heterocycles. The number of alkyl halides is 1. The van der Waals surface area contributed by atoms with Crippen LogP contribution in [0.2, 0.25) is 0 Å². The van der Waals surface area contributed by atoms with Gasteiger partial charge in [-0.05, 0) is 41.1 Å². The summed E-state index contributed by atoms with van der Waals surface area (Å²) in [5, 5.41) is 2.04. The minimum absolute atomic E-state index is 0.211. The number of hydrogen-bond donors (Lipinski definition) is 0. The predicted molar refractivity (Wildman–Crippen MR) is 73.1 cm³/mol. The quantitative estimate of drug-likeness (QED) is 0.687. The lowest BCUT2D eigenvalue weighted by Crippen LogP contribution is -1.86.